The van der Waals surface area contributed by atoms with Gasteiger partial charge in [-0.2, -0.15) is 0 Å². The molecule has 0 amide bonds. The van der Waals surface area contributed by atoms with Gasteiger partial charge in [-0.25, -0.2) is 14.4 Å². The normalized spacial score (nSPS) is 14.5. The molecule has 0 atom stereocenters. The number of anilines is 1. The molecule has 1 fully saturated rings. The van der Waals surface area contributed by atoms with Crippen molar-refractivity contribution >= 4 is 5.82 Å². The van der Waals surface area contributed by atoms with E-state index < -0.39 is 0 Å². The molecule has 0 N–H and O–H groups in total. The fourth-order valence-corrected chi connectivity index (χ4v) is 2.78. The van der Waals surface area contributed by atoms with E-state index in [1.165, 1.54) is 12.1 Å². The first-order valence-corrected chi connectivity index (χ1v) is 8.18. The summed E-state index contributed by atoms with van der Waals surface area (Å²) in [5, 5.41) is 0. The minimum Gasteiger partial charge on any atom is -0.378 e. The average molecular weight is 336 g/mol. The van der Waals surface area contributed by atoms with Crippen LogP contribution in [0.3, 0.4) is 0 Å². The molecular weight excluding hydrogens is 319 g/mol. The molecule has 1 saturated heterocycles. The summed E-state index contributed by atoms with van der Waals surface area (Å²) < 4.78 is 18.7. The molecule has 0 bridgehead atoms. The summed E-state index contributed by atoms with van der Waals surface area (Å²) >= 11 is 0. The highest BCUT2D eigenvalue weighted by Crippen LogP contribution is 2.26. The number of rotatable bonds is 3. The molecule has 0 unspecified atom stereocenters. The lowest BCUT2D eigenvalue weighted by Crippen LogP contribution is -2.36. The maximum atomic E-state index is 13.3. The van der Waals surface area contributed by atoms with Crippen LogP contribution in [0.4, 0.5) is 10.2 Å². The number of hydrogen-bond acceptors (Lipinski definition) is 5. The van der Waals surface area contributed by atoms with Gasteiger partial charge in [0.2, 0.25) is 0 Å². The number of benzene rings is 1. The number of aromatic nitrogens is 3. The van der Waals surface area contributed by atoms with Crippen molar-refractivity contribution in [2.75, 3.05) is 31.2 Å². The largest absolute Gasteiger partial charge is 0.378 e. The summed E-state index contributed by atoms with van der Waals surface area (Å²) in [6, 6.07) is 12.1. The summed E-state index contributed by atoms with van der Waals surface area (Å²) in [6.45, 7) is 2.93. The van der Waals surface area contributed by atoms with E-state index in [2.05, 4.69) is 14.9 Å². The van der Waals surface area contributed by atoms with Crippen molar-refractivity contribution in [1.29, 1.82) is 0 Å². The first kappa shape index (κ1) is 15.7. The van der Waals surface area contributed by atoms with Crippen molar-refractivity contribution in [3.05, 3.63) is 60.7 Å². The molecule has 0 radical (unpaired) electrons. The molecule has 2 aromatic heterocycles. The van der Waals surface area contributed by atoms with E-state index in [9.17, 15) is 4.39 Å². The van der Waals surface area contributed by atoms with Crippen molar-refractivity contribution < 1.29 is 9.13 Å². The quantitative estimate of drug-likeness (QED) is 0.735. The second kappa shape index (κ2) is 6.94. The number of hydrogen-bond donors (Lipinski definition) is 0. The van der Waals surface area contributed by atoms with E-state index in [-0.39, 0.29) is 5.82 Å². The molecule has 3 heterocycles. The summed E-state index contributed by atoms with van der Waals surface area (Å²) in [5.41, 5.74) is 2.46. The average Bonchev–Trinajstić information content (AvgIpc) is 2.69. The van der Waals surface area contributed by atoms with Crippen LogP contribution in [0.25, 0.3) is 22.6 Å². The third kappa shape index (κ3) is 3.49. The van der Waals surface area contributed by atoms with Gasteiger partial charge in [0, 0.05) is 42.7 Å². The van der Waals surface area contributed by atoms with Crippen molar-refractivity contribution in [1.82, 2.24) is 15.0 Å². The fourth-order valence-electron chi connectivity index (χ4n) is 2.78. The standard InChI is InChI=1S/C19H17FN4O/c20-16-5-3-14(4-6-16)17-12-18(24-8-10-25-11-9-24)23-19(22-17)15-2-1-7-21-13-15/h1-7,12-13H,8-11H2. The maximum absolute atomic E-state index is 13.3. The molecule has 1 aromatic carbocycles. The molecule has 6 heteroatoms. The van der Waals surface area contributed by atoms with Gasteiger partial charge in [-0.15, -0.1) is 0 Å². The highest BCUT2D eigenvalue weighted by Gasteiger charge is 2.16. The van der Waals surface area contributed by atoms with Crippen LogP contribution in [0.1, 0.15) is 0 Å². The summed E-state index contributed by atoms with van der Waals surface area (Å²) in [4.78, 5) is 15.7. The van der Waals surface area contributed by atoms with Gasteiger partial charge in [0.25, 0.3) is 0 Å². The molecule has 0 aliphatic carbocycles. The minimum absolute atomic E-state index is 0.265. The van der Waals surface area contributed by atoms with Gasteiger partial charge in [0.05, 0.1) is 18.9 Å². The fraction of sp³-hybridized carbons (Fsp3) is 0.211. The van der Waals surface area contributed by atoms with Gasteiger partial charge in [0.1, 0.15) is 11.6 Å². The molecule has 3 aromatic rings. The first-order chi connectivity index (χ1) is 12.3. The van der Waals surface area contributed by atoms with Crippen molar-refractivity contribution in [3.8, 4) is 22.6 Å². The smallest absolute Gasteiger partial charge is 0.163 e. The van der Waals surface area contributed by atoms with Crippen molar-refractivity contribution in [2.45, 2.75) is 0 Å². The highest BCUT2D eigenvalue weighted by molar-refractivity contribution is 5.67. The lowest BCUT2D eigenvalue weighted by Gasteiger charge is -2.28. The Kier molecular flexibility index (Phi) is 4.35. The number of morpholine rings is 1. The molecule has 25 heavy (non-hydrogen) atoms. The second-order valence-corrected chi connectivity index (χ2v) is 5.78. The molecular formula is C19H17FN4O. The topological polar surface area (TPSA) is 51.1 Å². The van der Waals surface area contributed by atoms with Crippen LogP contribution in [0, 0.1) is 5.82 Å². The minimum atomic E-state index is -0.265. The van der Waals surface area contributed by atoms with E-state index in [1.54, 1.807) is 24.5 Å². The number of ether oxygens (including phenoxy) is 1. The molecule has 4 rings (SSSR count). The van der Waals surface area contributed by atoms with Gasteiger partial charge in [-0.3, -0.25) is 4.98 Å². The predicted octanol–water partition coefficient (Wildman–Crippen LogP) is 3.18. The molecule has 1 aliphatic rings. The summed E-state index contributed by atoms with van der Waals surface area (Å²) in [6.07, 6.45) is 3.46. The highest BCUT2D eigenvalue weighted by atomic mass is 19.1. The SMILES string of the molecule is Fc1ccc(-c2cc(N3CCOCC3)nc(-c3cccnc3)n2)cc1. The van der Waals surface area contributed by atoms with Crippen LogP contribution >= 0.6 is 0 Å². The second-order valence-electron chi connectivity index (χ2n) is 5.78. The van der Waals surface area contributed by atoms with Crippen LogP contribution in [-0.4, -0.2) is 41.3 Å². The van der Waals surface area contributed by atoms with Crippen molar-refractivity contribution in [3.63, 3.8) is 0 Å². The van der Waals surface area contributed by atoms with Crippen LogP contribution in [0.5, 0.6) is 0 Å². The van der Waals surface area contributed by atoms with Crippen molar-refractivity contribution in [2.24, 2.45) is 0 Å². The zero-order valence-corrected chi connectivity index (χ0v) is 13.6. The van der Waals surface area contributed by atoms with Crippen LogP contribution in [-0.2, 0) is 4.74 Å². The number of pyridine rings is 1. The first-order valence-electron chi connectivity index (χ1n) is 8.18. The Bertz CT molecular complexity index is 849. The van der Waals surface area contributed by atoms with E-state index in [0.29, 0.717) is 19.0 Å². The molecule has 0 spiro atoms. The third-order valence-corrected chi connectivity index (χ3v) is 4.11. The van der Waals surface area contributed by atoms with Gasteiger partial charge >= 0.3 is 0 Å². The van der Waals surface area contributed by atoms with Crippen LogP contribution < -0.4 is 4.90 Å². The van der Waals surface area contributed by atoms with Gasteiger partial charge < -0.3 is 9.64 Å². The Morgan fingerprint density at radius 2 is 1.76 bits per heavy atom. The molecule has 5 nitrogen and oxygen atoms in total. The Morgan fingerprint density at radius 3 is 2.48 bits per heavy atom. The Hall–Kier alpha value is -2.86. The zero-order valence-electron chi connectivity index (χ0n) is 13.6. The third-order valence-electron chi connectivity index (χ3n) is 4.11. The lowest BCUT2D eigenvalue weighted by molar-refractivity contribution is 0.122. The summed E-state index contributed by atoms with van der Waals surface area (Å²) in [5.74, 6) is 1.19. The van der Waals surface area contributed by atoms with E-state index in [1.807, 2.05) is 18.2 Å². The van der Waals surface area contributed by atoms with Gasteiger partial charge in [-0.05, 0) is 36.4 Å². The Labute approximate surface area is 145 Å². The molecule has 0 saturated carbocycles. The maximum Gasteiger partial charge on any atom is 0.163 e. The van der Waals surface area contributed by atoms with Crippen LogP contribution in [0.15, 0.2) is 54.9 Å². The van der Waals surface area contributed by atoms with E-state index in [4.69, 9.17) is 9.72 Å². The number of nitrogens with zero attached hydrogens (tertiary/aromatic N) is 4. The Morgan fingerprint density at radius 1 is 0.960 bits per heavy atom. The predicted molar refractivity (Wildman–Crippen MR) is 93.7 cm³/mol. The van der Waals surface area contributed by atoms with Gasteiger partial charge in [-0.1, -0.05) is 0 Å². The zero-order chi connectivity index (χ0) is 17.1. The Balaban J connectivity index is 1.81. The summed E-state index contributed by atoms with van der Waals surface area (Å²) in [7, 11) is 0. The molecule has 126 valence electrons. The van der Waals surface area contributed by atoms with Gasteiger partial charge in [0.15, 0.2) is 5.82 Å². The lowest BCUT2D eigenvalue weighted by atomic mass is 10.1. The monoisotopic (exact) mass is 336 g/mol. The van der Waals surface area contributed by atoms with E-state index in [0.717, 1.165) is 35.7 Å². The van der Waals surface area contributed by atoms with E-state index >= 15 is 0 Å². The number of halogens is 1. The molecule has 1 aliphatic heterocycles. The van der Waals surface area contributed by atoms with Crippen LogP contribution in [0.2, 0.25) is 0 Å².